The third-order valence-electron chi connectivity index (χ3n) is 5.58. The van der Waals surface area contributed by atoms with E-state index in [4.69, 9.17) is 4.74 Å². The molecule has 1 fully saturated rings. The molecule has 146 valence electrons. The lowest BCUT2D eigenvalue weighted by molar-refractivity contribution is -0.137. The molecule has 3 aromatic carbocycles. The van der Waals surface area contributed by atoms with Crippen LogP contribution in [-0.4, -0.2) is 18.7 Å². The molecule has 0 aliphatic carbocycles. The Kier molecular flexibility index (Phi) is 5.92. The van der Waals surface area contributed by atoms with Crippen molar-refractivity contribution >= 4 is 19.2 Å². The molecular weight excluding hydrogens is 375 g/mol. The SMILES string of the molecule is CCOC(=O)C=C1P(c2ccccc2)CCC1(c1ccccc1)c1ccccc1. The summed E-state index contributed by atoms with van der Waals surface area (Å²) in [5.41, 5.74) is 2.17. The molecule has 1 saturated heterocycles. The summed E-state index contributed by atoms with van der Waals surface area (Å²) in [6.45, 7) is 2.24. The van der Waals surface area contributed by atoms with Gasteiger partial charge in [0.2, 0.25) is 0 Å². The van der Waals surface area contributed by atoms with E-state index in [0.717, 1.165) is 12.6 Å². The predicted octanol–water partition coefficient (Wildman–Crippen LogP) is 5.63. The second-order valence-corrected chi connectivity index (χ2v) is 9.46. The standard InChI is InChI=1S/C26H25O2P/c1-2-28-25(27)20-24-26(21-12-6-3-7-13-21,22-14-8-4-9-15-22)18-19-29(24)23-16-10-5-11-17-23/h3-17,20H,2,18-19H2,1H3. The summed E-state index contributed by atoms with van der Waals surface area (Å²) < 4.78 is 5.35. The molecule has 1 unspecified atom stereocenters. The van der Waals surface area contributed by atoms with Crippen molar-refractivity contribution in [1.82, 2.24) is 0 Å². The van der Waals surface area contributed by atoms with Gasteiger partial charge in [-0.05, 0) is 49.2 Å². The van der Waals surface area contributed by atoms with Gasteiger partial charge in [-0.1, -0.05) is 91.0 Å². The molecule has 29 heavy (non-hydrogen) atoms. The van der Waals surface area contributed by atoms with E-state index in [9.17, 15) is 4.79 Å². The van der Waals surface area contributed by atoms with Crippen LogP contribution in [0.2, 0.25) is 0 Å². The molecule has 4 rings (SSSR count). The van der Waals surface area contributed by atoms with Crippen molar-refractivity contribution < 1.29 is 9.53 Å². The Labute approximate surface area is 174 Å². The monoisotopic (exact) mass is 400 g/mol. The van der Waals surface area contributed by atoms with Gasteiger partial charge in [0.05, 0.1) is 6.61 Å². The van der Waals surface area contributed by atoms with Crippen molar-refractivity contribution in [3.8, 4) is 0 Å². The van der Waals surface area contributed by atoms with Gasteiger partial charge in [-0.15, -0.1) is 0 Å². The van der Waals surface area contributed by atoms with Crippen LogP contribution in [0.25, 0.3) is 0 Å². The van der Waals surface area contributed by atoms with E-state index in [1.54, 1.807) is 6.08 Å². The molecule has 0 saturated carbocycles. The van der Waals surface area contributed by atoms with Crippen LogP contribution in [0.1, 0.15) is 24.5 Å². The summed E-state index contributed by atoms with van der Waals surface area (Å²) in [5.74, 6) is -0.246. The Morgan fingerprint density at radius 3 is 1.93 bits per heavy atom. The number of rotatable bonds is 5. The maximum absolute atomic E-state index is 12.6. The Morgan fingerprint density at radius 1 is 0.897 bits per heavy atom. The fourth-order valence-corrected chi connectivity index (χ4v) is 7.29. The first-order valence-corrected chi connectivity index (χ1v) is 11.6. The zero-order chi connectivity index (χ0) is 20.1. The van der Waals surface area contributed by atoms with Crippen LogP contribution in [0.15, 0.2) is 102 Å². The highest BCUT2D eigenvalue weighted by Crippen LogP contribution is 2.64. The number of carbonyl (C=O) groups excluding carboxylic acids is 1. The molecule has 0 N–H and O–H groups in total. The van der Waals surface area contributed by atoms with E-state index in [-0.39, 0.29) is 11.4 Å². The Bertz CT molecular complexity index is 941. The molecule has 0 amide bonds. The molecule has 1 aliphatic heterocycles. The molecule has 2 nitrogen and oxygen atoms in total. The first-order valence-electron chi connectivity index (χ1n) is 10.1. The van der Waals surface area contributed by atoms with E-state index in [1.807, 2.05) is 25.1 Å². The molecule has 0 radical (unpaired) electrons. The highest BCUT2D eigenvalue weighted by molar-refractivity contribution is 7.70. The molecule has 1 heterocycles. The van der Waals surface area contributed by atoms with Crippen molar-refractivity contribution in [2.45, 2.75) is 18.8 Å². The average Bonchev–Trinajstić information content (AvgIpc) is 3.15. The summed E-state index contributed by atoms with van der Waals surface area (Å²) in [4.78, 5) is 12.6. The average molecular weight is 400 g/mol. The number of esters is 1. The van der Waals surface area contributed by atoms with Gasteiger partial charge in [-0.2, -0.15) is 0 Å². The van der Waals surface area contributed by atoms with Crippen molar-refractivity contribution in [2.75, 3.05) is 12.8 Å². The Hall–Kier alpha value is -2.70. The summed E-state index contributed by atoms with van der Waals surface area (Å²) >= 11 is 0. The summed E-state index contributed by atoms with van der Waals surface area (Å²) in [7, 11) is -0.622. The number of carbonyl (C=O) groups is 1. The fourth-order valence-electron chi connectivity index (χ4n) is 4.33. The minimum absolute atomic E-state index is 0.246. The van der Waals surface area contributed by atoms with Crippen LogP contribution < -0.4 is 5.30 Å². The largest absolute Gasteiger partial charge is 0.463 e. The van der Waals surface area contributed by atoms with Crippen LogP contribution in [0.4, 0.5) is 0 Å². The molecule has 1 atom stereocenters. The van der Waals surface area contributed by atoms with E-state index < -0.39 is 7.92 Å². The van der Waals surface area contributed by atoms with E-state index >= 15 is 0 Å². The third-order valence-corrected chi connectivity index (χ3v) is 8.27. The van der Waals surface area contributed by atoms with Gasteiger partial charge in [0.25, 0.3) is 0 Å². The van der Waals surface area contributed by atoms with Gasteiger partial charge in [0.15, 0.2) is 0 Å². The van der Waals surface area contributed by atoms with Crippen LogP contribution in [0.3, 0.4) is 0 Å². The van der Waals surface area contributed by atoms with Gasteiger partial charge in [-0.25, -0.2) is 4.79 Å². The smallest absolute Gasteiger partial charge is 0.331 e. The van der Waals surface area contributed by atoms with Gasteiger partial charge >= 0.3 is 5.97 Å². The first-order chi connectivity index (χ1) is 14.3. The predicted molar refractivity (Wildman–Crippen MR) is 121 cm³/mol. The van der Waals surface area contributed by atoms with Gasteiger partial charge in [0.1, 0.15) is 0 Å². The number of benzene rings is 3. The lowest BCUT2D eigenvalue weighted by Crippen LogP contribution is -2.27. The lowest BCUT2D eigenvalue weighted by atomic mass is 9.72. The molecule has 1 aliphatic rings. The number of allylic oxidation sites excluding steroid dienone is 1. The van der Waals surface area contributed by atoms with Crippen LogP contribution >= 0.6 is 7.92 Å². The molecule has 0 aromatic heterocycles. The number of hydrogen-bond donors (Lipinski definition) is 0. The lowest BCUT2D eigenvalue weighted by Gasteiger charge is -2.34. The normalized spacial score (nSPS) is 19.2. The van der Waals surface area contributed by atoms with E-state index in [1.165, 1.54) is 21.7 Å². The zero-order valence-corrected chi connectivity index (χ0v) is 17.5. The number of hydrogen-bond acceptors (Lipinski definition) is 2. The molecule has 3 aromatic rings. The van der Waals surface area contributed by atoms with E-state index in [2.05, 4.69) is 72.8 Å². The number of ether oxygens (including phenoxy) is 1. The van der Waals surface area contributed by atoms with Gasteiger partial charge in [0, 0.05) is 11.5 Å². The topological polar surface area (TPSA) is 26.3 Å². The quantitative estimate of drug-likeness (QED) is 0.315. The Balaban J connectivity index is 1.94. The van der Waals surface area contributed by atoms with Crippen molar-refractivity contribution in [3.63, 3.8) is 0 Å². The second-order valence-electron chi connectivity index (χ2n) is 7.16. The third kappa shape index (κ3) is 3.78. The van der Waals surface area contributed by atoms with Crippen LogP contribution in [-0.2, 0) is 14.9 Å². The first kappa shape index (κ1) is 19.6. The maximum atomic E-state index is 12.6. The van der Waals surface area contributed by atoms with Crippen LogP contribution in [0, 0.1) is 0 Å². The summed E-state index contributed by atoms with van der Waals surface area (Å²) in [6, 6.07) is 31.8. The fraction of sp³-hybridized carbons (Fsp3) is 0.192. The second kappa shape index (κ2) is 8.76. The van der Waals surface area contributed by atoms with E-state index in [0.29, 0.717) is 6.61 Å². The minimum Gasteiger partial charge on any atom is -0.463 e. The van der Waals surface area contributed by atoms with Crippen molar-refractivity contribution in [2.24, 2.45) is 0 Å². The van der Waals surface area contributed by atoms with Gasteiger partial charge in [-0.3, -0.25) is 0 Å². The molecule has 0 spiro atoms. The van der Waals surface area contributed by atoms with Gasteiger partial charge < -0.3 is 4.74 Å². The van der Waals surface area contributed by atoms with Crippen LogP contribution in [0.5, 0.6) is 0 Å². The summed E-state index contributed by atoms with van der Waals surface area (Å²) in [6.07, 6.45) is 3.82. The van der Waals surface area contributed by atoms with Crippen molar-refractivity contribution in [3.05, 3.63) is 114 Å². The molecular formula is C26H25O2P. The highest BCUT2D eigenvalue weighted by atomic mass is 31.1. The minimum atomic E-state index is -0.622. The Morgan fingerprint density at radius 2 is 1.41 bits per heavy atom. The van der Waals surface area contributed by atoms with Crippen molar-refractivity contribution in [1.29, 1.82) is 0 Å². The maximum Gasteiger partial charge on any atom is 0.331 e. The molecule has 3 heteroatoms. The zero-order valence-electron chi connectivity index (χ0n) is 16.6. The highest BCUT2D eigenvalue weighted by Gasteiger charge is 2.47. The molecule has 0 bridgehead atoms. The summed E-state index contributed by atoms with van der Waals surface area (Å²) in [5, 5.41) is 2.50.